The smallest absolute Gasteiger partial charge is 0.453 e. The number of nitrogens with zero attached hydrogens (tertiary/aromatic N) is 8. The summed E-state index contributed by atoms with van der Waals surface area (Å²) < 4.78 is 32.4. The van der Waals surface area contributed by atoms with Crippen LogP contribution in [0.3, 0.4) is 0 Å². The average Bonchev–Trinajstić information content (AvgIpc) is 1.61. The van der Waals surface area contributed by atoms with Gasteiger partial charge in [-0.25, -0.2) is 54.4 Å². The van der Waals surface area contributed by atoms with Crippen LogP contribution in [0.2, 0.25) is 0 Å². The molecule has 4 saturated carbocycles. The highest BCUT2D eigenvalue weighted by molar-refractivity contribution is 9.10. The molecular weight excluding hydrogens is 1730 g/mol. The van der Waals surface area contributed by atoms with E-state index in [1.54, 1.807) is 18.6 Å². The number of rotatable bonds is 22. The first kappa shape index (κ1) is 93.9. The summed E-state index contributed by atoms with van der Waals surface area (Å²) in [4.78, 5) is 157. The second kappa shape index (κ2) is 38.2. The molecule has 7 aromatic rings. The predicted molar refractivity (Wildman–Crippen MR) is 486 cm³/mol. The first-order chi connectivity index (χ1) is 62.0. The van der Waals surface area contributed by atoms with Gasteiger partial charge < -0.3 is 64.5 Å². The van der Waals surface area contributed by atoms with E-state index >= 15 is 0 Å². The second-order valence-electron chi connectivity index (χ2n) is 38.3. The number of H-pyrrole nitrogens is 3. The standard InChI is InChI=1S/C45H55N7O8.C28H39BN4O6.C22H27BrN4O4/c1-26(2)37(49-42(55)57-5)40(53)51-35(22-44(59-51)17-7-18-44)33-21-32(24-46-33)30-11-9-28(10-12-30)29-13-15-31(16-14-29)34-25-47-39(48-34)36-23-45(19-8-20-45)60-52(36)41(54)38(27(3)4)50-43(56)58-6;1-17(2)22(32-25(35)36-7)24(34)33-21(15-28(39-33)13-8-14-28)23-30-16-20(31-23)18-9-11-19(12-10-18)29-37-26(3,4)27(5,6)38-29;1-13(2)18(26-21(29)30-3)20(28)27-17(11-22(31-27)9-4-10-22)19-24-12-16(25-19)14-5-7-15(23)8-6-14/h9-16,24-27,35-38H,7-8,17-23H2,1-6H3,(H,47,48)(H,49,55)(H,50,56);9-12,16-17,21-22H,8,13-15H2,1-7H3,(H,30,31)(H,32,35);5-8,12-13,17-18H,4,9-11H2,1-3H3,(H,24,25)(H,26,29)/t35-,36-,37-,38-;21-,22-;17-,18-/m000/s1. The third-order valence-corrected chi connectivity index (χ3v) is 28.1. The van der Waals surface area contributed by atoms with Gasteiger partial charge in [-0.05, 0) is 185 Å². The average molecular weight is 1850 g/mol. The van der Waals surface area contributed by atoms with Gasteiger partial charge in [0, 0.05) is 48.5 Å². The number of methoxy groups -OCH3 is 4. The number of amides is 8. The Hall–Kier alpha value is -10.8. The summed E-state index contributed by atoms with van der Waals surface area (Å²) in [6.45, 7) is 23.2. The number of carbonyl (C=O) groups is 8. The molecule has 694 valence electrons. The predicted octanol–water partition coefficient (Wildman–Crippen LogP) is 15.5. The van der Waals surface area contributed by atoms with Gasteiger partial charge in [0.05, 0.1) is 97.7 Å². The summed E-state index contributed by atoms with van der Waals surface area (Å²) in [5, 5.41) is 16.4. The molecule has 5 saturated heterocycles. The van der Waals surface area contributed by atoms with Gasteiger partial charge >= 0.3 is 31.5 Å². The number of alkyl carbamates (subject to hydrolysis) is 4. The molecule has 0 unspecified atom stereocenters. The van der Waals surface area contributed by atoms with E-state index in [1.807, 2.05) is 150 Å². The van der Waals surface area contributed by atoms with Gasteiger partial charge in [0.15, 0.2) is 0 Å². The zero-order valence-electron chi connectivity index (χ0n) is 76.9. The minimum absolute atomic E-state index is 0.135. The van der Waals surface area contributed by atoms with Crippen LogP contribution in [0, 0.1) is 23.7 Å². The first-order valence-corrected chi connectivity index (χ1v) is 46.1. The summed E-state index contributed by atoms with van der Waals surface area (Å²) in [5.41, 5.74) is 9.19. The van der Waals surface area contributed by atoms with Crippen molar-refractivity contribution in [1.29, 1.82) is 0 Å². The highest BCUT2D eigenvalue weighted by atomic mass is 79.9. The minimum Gasteiger partial charge on any atom is -0.453 e. The number of halogens is 1. The Morgan fingerprint density at radius 1 is 0.400 bits per heavy atom. The van der Waals surface area contributed by atoms with Gasteiger partial charge in [0.25, 0.3) is 23.6 Å². The van der Waals surface area contributed by atoms with Gasteiger partial charge in [-0.2, -0.15) is 0 Å². The lowest BCUT2D eigenvalue weighted by Crippen LogP contribution is -2.53. The SMILES string of the molecule is COC(=O)N[C@H](C(=O)N1OC2(CCC2)C[C@H]1C1=NC=C(c2ccc(-c3ccc(-c4cnc([C@@H]5CC6(CCC6)ON5C(=O)[C@@H](NC(=O)OC)C(C)C)[nH]4)cc3)cc2)C1)C(C)C.COC(=O)N[C@H](C(=O)N1OC2(CCC2)C[C@H]1c1ncc(-c2ccc(B3OC(C)(C)C(C)(C)O3)cc2)[nH]1)C(C)C.COC(=O)N[C@H](C(=O)N1OC2(CCC2)C[C@H]1c1ncc(-c2ccc(Br)cc2)[nH]1)C(C)C. The molecule has 0 bridgehead atoms. The van der Waals surface area contributed by atoms with Crippen molar-refractivity contribution in [3.8, 4) is 44.9 Å². The Morgan fingerprint density at radius 2 is 0.669 bits per heavy atom. The van der Waals surface area contributed by atoms with Gasteiger partial charge in [0.2, 0.25) is 0 Å². The van der Waals surface area contributed by atoms with E-state index in [0.29, 0.717) is 49.6 Å². The second-order valence-corrected chi connectivity index (χ2v) is 39.3. The molecule has 10 aliphatic rings. The maximum absolute atomic E-state index is 13.9. The fourth-order valence-electron chi connectivity index (χ4n) is 18.4. The van der Waals surface area contributed by atoms with Crippen molar-refractivity contribution in [3.63, 3.8) is 0 Å². The Morgan fingerprint density at radius 3 is 0.954 bits per heavy atom. The molecule has 9 fully saturated rings. The zero-order chi connectivity index (χ0) is 92.7. The van der Waals surface area contributed by atoms with Gasteiger partial charge in [-0.15, -0.1) is 0 Å². The molecule has 33 nitrogen and oxygen atoms in total. The third kappa shape index (κ3) is 19.6. The number of hydrogen-bond donors (Lipinski definition) is 7. The van der Waals surface area contributed by atoms with Crippen LogP contribution >= 0.6 is 15.9 Å². The molecule has 17 rings (SSSR count). The molecule has 4 aliphatic carbocycles. The molecule has 4 spiro atoms. The first-order valence-electron chi connectivity index (χ1n) is 45.3. The van der Waals surface area contributed by atoms with Crippen LogP contribution in [0.15, 0.2) is 131 Å². The minimum atomic E-state index is -0.816. The number of carbonyl (C=O) groups excluding carboxylic acids is 8. The van der Waals surface area contributed by atoms with Crippen molar-refractivity contribution < 1.29 is 86.0 Å². The molecule has 4 aromatic carbocycles. The fraction of sp³-hybridized carbons (Fsp3) is 0.537. The molecule has 130 heavy (non-hydrogen) atoms. The largest absolute Gasteiger partial charge is 0.494 e. The van der Waals surface area contributed by atoms with Crippen molar-refractivity contribution in [3.05, 3.63) is 149 Å². The number of hydroxylamine groups is 8. The normalized spacial score (nSPS) is 22.3. The summed E-state index contributed by atoms with van der Waals surface area (Å²) in [7, 11) is 4.69. The van der Waals surface area contributed by atoms with Crippen molar-refractivity contribution in [1.82, 2.24) is 71.4 Å². The van der Waals surface area contributed by atoms with E-state index in [2.05, 4.69) is 98.5 Å². The van der Waals surface area contributed by atoms with E-state index in [0.717, 1.165) is 149 Å². The number of nitrogens with one attached hydrogen (secondary N) is 7. The molecule has 3 aromatic heterocycles. The Kier molecular flexibility index (Phi) is 27.6. The molecule has 0 radical (unpaired) electrons. The summed E-state index contributed by atoms with van der Waals surface area (Å²) in [5.74, 6) is 0.0782. The van der Waals surface area contributed by atoms with E-state index in [4.69, 9.17) is 57.6 Å². The van der Waals surface area contributed by atoms with Crippen LogP contribution in [0.5, 0.6) is 0 Å². The Bertz CT molecular complexity index is 5330. The summed E-state index contributed by atoms with van der Waals surface area (Å²) in [6.07, 6.45) is 19.1. The topological polar surface area (TPSA) is 388 Å². The Balaban J connectivity index is 0.000000160. The van der Waals surface area contributed by atoms with Crippen molar-refractivity contribution in [2.24, 2.45) is 28.7 Å². The lowest BCUT2D eigenvalue weighted by atomic mass is 9.76. The monoisotopic (exact) mass is 1850 g/mol. The maximum atomic E-state index is 13.9. The molecule has 8 atom stereocenters. The van der Waals surface area contributed by atoms with E-state index < -0.39 is 84.5 Å². The van der Waals surface area contributed by atoms with Crippen molar-refractivity contribution >= 4 is 87.8 Å². The van der Waals surface area contributed by atoms with Gasteiger partial charge in [-0.1, -0.05) is 156 Å². The summed E-state index contributed by atoms with van der Waals surface area (Å²) in [6, 6.07) is 28.0. The van der Waals surface area contributed by atoms with Crippen LogP contribution in [0.25, 0.3) is 50.5 Å². The number of aliphatic imine (C=N–C) groups is 1. The maximum Gasteiger partial charge on any atom is 0.494 e. The molecule has 9 heterocycles. The number of allylic oxidation sites excluding steroid dienone is 1. The van der Waals surface area contributed by atoms with Crippen LogP contribution in [-0.2, 0) is 66.8 Å². The number of hydrogen-bond acceptors (Lipinski definition) is 22. The van der Waals surface area contributed by atoms with E-state index in [-0.39, 0.29) is 76.2 Å². The summed E-state index contributed by atoms with van der Waals surface area (Å²) >= 11 is 3.45. The number of ether oxygens (including phenoxy) is 4. The van der Waals surface area contributed by atoms with Crippen LogP contribution < -0.4 is 26.7 Å². The number of aromatic nitrogens is 6. The van der Waals surface area contributed by atoms with E-state index in [9.17, 15) is 38.4 Å². The zero-order valence-corrected chi connectivity index (χ0v) is 78.5. The van der Waals surface area contributed by atoms with Crippen LogP contribution in [0.1, 0.15) is 233 Å². The highest BCUT2D eigenvalue weighted by Gasteiger charge is 2.59. The number of imidazole rings is 3. The third-order valence-electron chi connectivity index (χ3n) is 27.6. The van der Waals surface area contributed by atoms with Gasteiger partial charge in [0.1, 0.15) is 65.8 Å². The highest BCUT2D eigenvalue weighted by Crippen LogP contribution is 2.55. The van der Waals surface area contributed by atoms with E-state index in [1.165, 1.54) is 48.7 Å². The molecule has 35 heteroatoms. The molecular formula is C95H121BBrN15O18. The van der Waals surface area contributed by atoms with Crippen molar-refractivity contribution in [2.45, 2.75) is 274 Å². The number of aromatic amines is 3. The van der Waals surface area contributed by atoms with Crippen LogP contribution in [-0.4, -0.2) is 203 Å². The Labute approximate surface area is 766 Å². The lowest BCUT2D eigenvalue weighted by molar-refractivity contribution is -0.230. The van der Waals surface area contributed by atoms with Crippen LogP contribution in [0.4, 0.5) is 19.2 Å². The fourth-order valence-corrected chi connectivity index (χ4v) is 18.7. The van der Waals surface area contributed by atoms with Crippen molar-refractivity contribution in [2.75, 3.05) is 28.4 Å². The number of benzene rings is 4. The molecule has 8 amide bonds. The quantitative estimate of drug-likeness (QED) is 0.0245. The molecule has 6 aliphatic heterocycles. The van der Waals surface area contributed by atoms with Gasteiger partial charge in [-0.3, -0.25) is 43.5 Å². The lowest BCUT2D eigenvalue weighted by Gasteiger charge is -2.37. The molecule has 7 N–H and O–H groups in total.